The van der Waals surface area contributed by atoms with Crippen LogP contribution in [0, 0.1) is 11.3 Å². The minimum Gasteiger partial charge on any atom is -0.316 e. The maximum absolute atomic E-state index is 3.66. The number of nitrogens with one attached hydrogen (secondary N) is 1. The fourth-order valence-corrected chi connectivity index (χ4v) is 4.68. The third kappa shape index (κ3) is 4.67. The Balaban J connectivity index is 1.95. The molecule has 2 aliphatic rings. The first-order valence-corrected chi connectivity index (χ1v) is 9.25. The standard InChI is InChI=1S/C18H37N3/c1-5-19-14-18(9-7-8-16(3)12-18)15-20-10-11-21(6-2)17(4)13-20/h16-17,19H,5-15H2,1-4H3. The summed E-state index contributed by atoms with van der Waals surface area (Å²) in [5, 5.41) is 3.66. The van der Waals surface area contributed by atoms with Gasteiger partial charge in [0.1, 0.15) is 0 Å². The molecule has 124 valence electrons. The van der Waals surface area contributed by atoms with Gasteiger partial charge in [0.2, 0.25) is 0 Å². The minimum atomic E-state index is 0.530. The molecule has 1 N–H and O–H groups in total. The minimum absolute atomic E-state index is 0.530. The molecule has 2 fully saturated rings. The maximum Gasteiger partial charge on any atom is 0.0195 e. The summed E-state index contributed by atoms with van der Waals surface area (Å²) in [6, 6.07) is 0.723. The summed E-state index contributed by atoms with van der Waals surface area (Å²) in [5.41, 5.74) is 0.530. The zero-order chi connectivity index (χ0) is 15.3. The number of rotatable bonds is 6. The summed E-state index contributed by atoms with van der Waals surface area (Å²) in [5.74, 6) is 0.909. The first-order chi connectivity index (χ1) is 10.1. The van der Waals surface area contributed by atoms with Crippen molar-refractivity contribution >= 4 is 0 Å². The highest BCUT2D eigenvalue weighted by molar-refractivity contribution is 4.91. The zero-order valence-corrected chi connectivity index (χ0v) is 14.8. The van der Waals surface area contributed by atoms with Crippen LogP contribution in [-0.2, 0) is 0 Å². The van der Waals surface area contributed by atoms with Crippen LogP contribution in [0.3, 0.4) is 0 Å². The third-order valence-electron chi connectivity index (χ3n) is 5.75. The lowest BCUT2D eigenvalue weighted by atomic mass is 9.69. The predicted octanol–water partition coefficient (Wildman–Crippen LogP) is 2.82. The van der Waals surface area contributed by atoms with Gasteiger partial charge in [-0.25, -0.2) is 0 Å². The summed E-state index contributed by atoms with van der Waals surface area (Å²) in [6.45, 7) is 18.0. The maximum atomic E-state index is 3.66. The van der Waals surface area contributed by atoms with Crippen molar-refractivity contribution in [3.63, 3.8) is 0 Å². The monoisotopic (exact) mass is 295 g/mol. The van der Waals surface area contributed by atoms with Gasteiger partial charge in [0.05, 0.1) is 0 Å². The molecule has 21 heavy (non-hydrogen) atoms. The Kier molecular flexibility index (Phi) is 6.51. The Morgan fingerprint density at radius 2 is 2.00 bits per heavy atom. The van der Waals surface area contributed by atoms with Crippen molar-refractivity contribution < 1.29 is 0 Å². The van der Waals surface area contributed by atoms with Gasteiger partial charge in [0.25, 0.3) is 0 Å². The molecule has 0 aromatic carbocycles. The fraction of sp³-hybridized carbons (Fsp3) is 1.00. The normalized spacial score (nSPS) is 36.0. The van der Waals surface area contributed by atoms with Gasteiger partial charge in [-0.15, -0.1) is 0 Å². The predicted molar refractivity (Wildman–Crippen MR) is 91.8 cm³/mol. The summed E-state index contributed by atoms with van der Waals surface area (Å²) >= 11 is 0. The second-order valence-electron chi connectivity index (χ2n) is 7.69. The average molecular weight is 296 g/mol. The molecule has 3 atom stereocenters. The molecule has 0 aromatic heterocycles. The van der Waals surface area contributed by atoms with E-state index in [-0.39, 0.29) is 0 Å². The topological polar surface area (TPSA) is 18.5 Å². The highest BCUT2D eigenvalue weighted by atomic mass is 15.3. The number of hydrogen-bond donors (Lipinski definition) is 1. The molecule has 3 heteroatoms. The van der Waals surface area contributed by atoms with Crippen molar-refractivity contribution in [3.8, 4) is 0 Å². The van der Waals surface area contributed by atoms with Gasteiger partial charge in [-0.2, -0.15) is 0 Å². The fourth-order valence-electron chi connectivity index (χ4n) is 4.68. The molecule has 0 bridgehead atoms. The van der Waals surface area contributed by atoms with Crippen molar-refractivity contribution in [2.24, 2.45) is 11.3 Å². The van der Waals surface area contributed by atoms with E-state index in [1.165, 1.54) is 65.0 Å². The van der Waals surface area contributed by atoms with E-state index in [4.69, 9.17) is 0 Å². The van der Waals surface area contributed by atoms with Gasteiger partial charge in [-0.05, 0) is 44.2 Å². The SMILES string of the molecule is CCNCC1(CN2CCN(CC)C(C)C2)CCCC(C)C1. The molecule has 0 aromatic rings. The average Bonchev–Trinajstić information content (AvgIpc) is 2.45. The molecule has 0 spiro atoms. The van der Waals surface area contributed by atoms with Crippen molar-refractivity contribution in [2.45, 2.75) is 59.4 Å². The van der Waals surface area contributed by atoms with Gasteiger partial charge in [-0.3, -0.25) is 9.80 Å². The van der Waals surface area contributed by atoms with Crippen LogP contribution in [0.5, 0.6) is 0 Å². The van der Waals surface area contributed by atoms with Gasteiger partial charge < -0.3 is 5.32 Å². The van der Waals surface area contributed by atoms with Gasteiger partial charge in [-0.1, -0.05) is 33.6 Å². The Morgan fingerprint density at radius 3 is 2.62 bits per heavy atom. The van der Waals surface area contributed by atoms with Crippen LogP contribution >= 0.6 is 0 Å². The summed E-state index contributed by atoms with van der Waals surface area (Å²) in [6.07, 6.45) is 5.71. The molecule has 1 aliphatic heterocycles. The Bertz CT molecular complexity index is 307. The lowest BCUT2D eigenvalue weighted by Crippen LogP contribution is -2.55. The van der Waals surface area contributed by atoms with E-state index in [9.17, 15) is 0 Å². The molecule has 2 rings (SSSR count). The largest absolute Gasteiger partial charge is 0.316 e. The first kappa shape index (κ1) is 17.2. The molecule has 0 radical (unpaired) electrons. The Hall–Kier alpha value is -0.120. The Labute approximate surface area is 132 Å². The van der Waals surface area contributed by atoms with Crippen LogP contribution in [0.15, 0.2) is 0 Å². The van der Waals surface area contributed by atoms with Gasteiger partial charge in [0, 0.05) is 38.8 Å². The second kappa shape index (κ2) is 7.94. The Morgan fingerprint density at radius 1 is 1.19 bits per heavy atom. The van der Waals surface area contributed by atoms with E-state index >= 15 is 0 Å². The second-order valence-corrected chi connectivity index (χ2v) is 7.69. The van der Waals surface area contributed by atoms with Crippen molar-refractivity contribution in [2.75, 3.05) is 45.8 Å². The molecular formula is C18H37N3. The van der Waals surface area contributed by atoms with E-state index in [2.05, 4.69) is 42.8 Å². The molecular weight excluding hydrogens is 258 g/mol. The van der Waals surface area contributed by atoms with E-state index in [1.807, 2.05) is 0 Å². The van der Waals surface area contributed by atoms with Crippen molar-refractivity contribution in [1.82, 2.24) is 15.1 Å². The van der Waals surface area contributed by atoms with Crippen molar-refractivity contribution in [3.05, 3.63) is 0 Å². The third-order valence-corrected chi connectivity index (χ3v) is 5.75. The number of likely N-dealkylation sites (N-methyl/N-ethyl adjacent to an activating group) is 1. The summed E-state index contributed by atoms with van der Waals surface area (Å²) in [7, 11) is 0. The molecule has 1 heterocycles. The number of hydrogen-bond acceptors (Lipinski definition) is 3. The molecule has 1 saturated heterocycles. The van der Waals surface area contributed by atoms with E-state index < -0.39 is 0 Å². The van der Waals surface area contributed by atoms with Crippen LogP contribution in [-0.4, -0.2) is 61.7 Å². The summed E-state index contributed by atoms with van der Waals surface area (Å²) in [4.78, 5) is 5.38. The summed E-state index contributed by atoms with van der Waals surface area (Å²) < 4.78 is 0. The molecule has 1 saturated carbocycles. The van der Waals surface area contributed by atoms with Crippen LogP contribution < -0.4 is 5.32 Å². The lowest BCUT2D eigenvalue weighted by molar-refractivity contribution is 0.0297. The van der Waals surface area contributed by atoms with E-state index in [0.29, 0.717) is 5.41 Å². The van der Waals surface area contributed by atoms with Crippen molar-refractivity contribution in [1.29, 1.82) is 0 Å². The van der Waals surface area contributed by atoms with E-state index in [0.717, 1.165) is 18.5 Å². The lowest BCUT2D eigenvalue weighted by Gasteiger charge is -2.47. The number of nitrogens with zero attached hydrogens (tertiary/aromatic N) is 2. The van der Waals surface area contributed by atoms with E-state index in [1.54, 1.807) is 0 Å². The molecule has 3 nitrogen and oxygen atoms in total. The van der Waals surface area contributed by atoms with Crippen LogP contribution in [0.1, 0.15) is 53.4 Å². The highest BCUT2D eigenvalue weighted by Crippen LogP contribution is 2.40. The zero-order valence-electron chi connectivity index (χ0n) is 14.8. The molecule has 3 unspecified atom stereocenters. The van der Waals surface area contributed by atoms with Crippen LogP contribution in [0.25, 0.3) is 0 Å². The van der Waals surface area contributed by atoms with Gasteiger partial charge in [0.15, 0.2) is 0 Å². The quantitative estimate of drug-likeness (QED) is 0.813. The van der Waals surface area contributed by atoms with Crippen LogP contribution in [0.4, 0.5) is 0 Å². The molecule has 1 aliphatic carbocycles. The first-order valence-electron chi connectivity index (χ1n) is 9.25. The van der Waals surface area contributed by atoms with Gasteiger partial charge >= 0.3 is 0 Å². The smallest absolute Gasteiger partial charge is 0.0195 e. The van der Waals surface area contributed by atoms with Crippen LogP contribution in [0.2, 0.25) is 0 Å². The highest BCUT2D eigenvalue weighted by Gasteiger charge is 2.37. The molecule has 0 amide bonds. The number of piperazine rings is 1.